The smallest absolute Gasteiger partial charge is 0.0628 e. The van der Waals surface area contributed by atoms with E-state index in [0.717, 1.165) is 6.42 Å². The number of hydrogen-bond acceptors (Lipinski definition) is 1. The molecular formula is C14H15N. The van der Waals surface area contributed by atoms with Crippen molar-refractivity contribution in [2.75, 3.05) is 0 Å². The SMILES string of the molecule is CC[C@@H]1C=Cc2ccccc2[C@H]1CC#N. The number of fused-ring (bicyclic) bond motifs is 1. The van der Waals surface area contributed by atoms with Crippen LogP contribution in [0.3, 0.4) is 0 Å². The van der Waals surface area contributed by atoms with Gasteiger partial charge in [0.05, 0.1) is 6.07 Å². The first-order valence-electron chi connectivity index (χ1n) is 5.51. The molecule has 0 unspecified atom stereocenters. The largest absolute Gasteiger partial charge is 0.198 e. The molecule has 1 heteroatoms. The lowest BCUT2D eigenvalue weighted by atomic mass is 9.77. The van der Waals surface area contributed by atoms with Crippen LogP contribution in [0.1, 0.15) is 36.8 Å². The first-order chi connectivity index (χ1) is 7.36. The van der Waals surface area contributed by atoms with Gasteiger partial charge in [0.1, 0.15) is 0 Å². The molecule has 0 saturated carbocycles. The number of allylic oxidation sites excluding steroid dienone is 1. The van der Waals surface area contributed by atoms with Crippen LogP contribution in [0.5, 0.6) is 0 Å². The fourth-order valence-corrected chi connectivity index (χ4v) is 2.37. The van der Waals surface area contributed by atoms with Crippen molar-refractivity contribution >= 4 is 6.08 Å². The lowest BCUT2D eigenvalue weighted by Gasteiger charge is -2.27. The van der Waals surface area contributed by atoms with Crippen molar-refractivity contribution in [2.24, 2.45) is 5.92 Å². The van der Waals surface area contributed by atoms with E-state index in [1.807, 2.05) is 0 Å². The van der Waals surface area contributed by atoms with E-state index in [1.54, 1.807) is 0 Å². The summed E-state index contributed by atoms with van der Waals surface area (Å²) >= 11 is 0. The maximum atomic E-state index is 8.88. The summed E-state index contributed by atoms with van der Waals surface area (Å²) in [7, 11) is 0. The van der Waals surface area contributed by atoms with E-state index < -0.39 is 0 Å². The van der Waals surface area contributed by atoms with Gasteiger partial charge in [-0.3, -0.25) is 0 Å². The predicted molar refractivity (Wildman–Crippen MR) is 62.2 cm³/mol. The molecule has 0 radical (unpaired) electrons. The minimum Gasteiger partial charge on any atom is -0.198 e. The molecular weight excluding hydrogens is 182 g/mol. The van der Waals surface area contributed by atoms with Crippen molar-refractivity contribution in [3.63, 3.8) is 0 Å². The molecule has 2 rings (SSSR count). The van der Waals surface area contributed by atoms with Gasteiger partial charge in [-0.05, 0) is 23.5 Å². The second-order valence-electron chi connectivity index (χ2n) is 4.03. The van der Waals surface area contributed by atoms with Crippen molar-refractivity contribution in [2.45, 2.75) is 25.7 Å². The van der Waals surface area contributed by atoms with Gasteiger partial charge in [-0.15, -0.1) is 0 Å². The van der Waals surface area contributed by atoms with Gasteiger partial charge in [0, 0.05) is 12.3 Å². The van der Waals surface area contributed by atoms with Gasteiger partial charge in [0.25, 0.3) is 0 Å². The molecule has 0 bridgehead atoms. The number of rotatable bonds is 2. The highest BCUT2D eigenvalue weighted by Crippen LogP contribution is 2.37. The van der Waals surface area contributed by atoms with E-state index in [0.29, 0.717) is 18.3 Å². The van der Waals surface area contributed by atoms with Gasteiger partial charge in [0.2, 0.25) is 0 Å². The molecule has 0 N–H and O–H groups in total. The lowest BCUT2D eigenvalue weighted by molar-refractivity contribution is 0.495. The molecule has 1 aliphatic rings. The molecule has 1 aromatic rings. The quantitative estimate of drug-likeness (QED) is 0.708. The van der Waals surface area contributed by atoms with E-state index in [4.69, 9.17) is 5.26 Å². The molecule has 2 atom stereocenters. The average molecular weight is 197 g/mol. The molecule has 0 heterocycles. The highest BCUT2D eigenvalue weighted by atomic mass is 14.3. The van der Waals surface area contributed by atoms with Gasteiger partial charge >= 0.3 is 0 Å². The topological polar surface area (TPSA) is 23.8 Å². The molecule has 0 spiro atoms. The van der Waals surface area contributed by atoms with Gasteiger partial charge in [-0.25, -0.2) is 0 Å². The summed E-state index contributed by atoms with van der Waals surface area (Å²) in [4.78, 5) is 0. The fourth-order valence-electron chi connectivity index (χ4n) is 2.37. The van der Waals surface area contributed by atoms with Gasteiger partial charge in [-0.2, -0.15) is 5.26 Å². The van der Waals surface area contributed by atoms with E-state index in [9.17, 15) is 0 Å². The highest BCUT2D eigenvalue weighted by Gasteiger charge is 2.24. The van der Waals surface area contributed by atoms with Crippen molar-refractivity contribution in [3.05, 3.63) is 41.5 Å². The van der Waals surface area contributed by atoms with Crippen LogP contribution in [0.2, 0.25) is 0 Å². The molecule has 0 fully saturated rings. The van der Waals surface area contributed by atoms with E-state index in [2.05, 4.69) is 49.4 Å². The van der Waals surface area contributed by atoms with Crippen molar-refractivity contribution in [1.82, 2.24) is 0 Å². The Labute approximate surface area is 91.0 Å². The number of nitriles is 1. The number of nitrogens with zero attached hydrogens (tertiary/aromatic N) is 1. The van der Waals surface area contributed by atoms with Crippen molar-refractivity contribution in [1.29, 1.82) is 5.26 Å². The molecule has 1 aliphatic carbocycles. The molecule has 0 saturated heterocycles. The summed E-state index contributed by atoms with van der Waals surface area (Å²) in [6, 6.07) is 10.7. The van der Waals surface area contributed by atoms with Crippen molar-refractivity contribution in [3.8, 4) is 6.07 Å². The molecule has 76 valence electrons. The summed E-state index contributed by atoms with van der Waals surface area (Å²) < 4.78 is 0. The van der Waals surface area contributed by atoms with Crippen LogP contribution >= 0.6 is 0 Å². The van der Waals surface area contributed by atoms with Gasteiger partial charge in [-0.1, -0.05) is 43.3 Å². The van der Waals surface area contributed by atoms with E-state index >= 15 is 0 Å². The first-order valence-corrected chi connectivity index (χ1v) is 5.51. The van der Waals surface area contributed by atoms with Gasteiger partial charge < -0.3 is 0 Å². The van der Waals surface area contributed by atoms with Crippen LogP contribution in [0.25, 0.3) is 6.08 Å². The Hall–Kier alpha value is -1.55. The predicted octanol–water partition coefficient (Wildman–Crippen LogP) is 3.74. The summed E-state index contributed by atoms with van der Waals surface area (Å²) in [6.45, 7) is 2.19. The van der Waals surface area contributed by atoms with Crippen LogP contribution < -0.4 is 0 Å². The third-order valence-corrected chi connectivity index (χ3v) is 3.22. The molecule has 1 aromatic carbocycles. The van der Waals surface area contributed by atoms with E-state index in [-0.39, 0.29) is 0 Å². The zero-order valence-corrected chi connectivity index (χ0v) is 8.98. The molecule has 0 aliphatic heterocycles. The third kappa shape index (κ3) is 1.80. The number of benzene rings is 1. The Morgan fingerprint density at radius 2 is 2.13 bits per heavy atom. The van der Waals surface area contributed by atoms with Crippen LogP contribution in [-0.4, -0.2) is 0 Å². The maximum absolute atomic E-state index is 8.88. The van der Waals surface area contributed by atoms with E-state index in [1.165, 1.54) is 11.1 Å². The Balaban J connectivity index is 2.41. The Kier molecular flexibility index (Phi) is 2.87. The van der Waals surface area contributed by atoms with Crippen LogP contribution in [0.15, 0.2) is 30.3 Å². The Bertz CT molecular complexity index is 412. The summed E-state index contributed by atoms with van der Waals surface area (Å²) in [5.74, 6) is 0.917. The zero-order chi connectivity index (χ0) is 10.7. The fraction of sp³-hybridized carbons (Fsp3) is 0.357. The molecule has 0 amide bonds. The minimum atomic E-state index is 0.390. The number of hydrogen-bond donors (Lipinski definition) is 0. The first kappa shape index (κ1) is 9.98. The molecule has 0 aromatic heterocycles. The highest BCUT2D eigenvalue weighted by molar-refractivity contribution is 5.58. The second kappa shape index (κ2) is 4.31. The molecule has 1 nitrogen and oxygen atoms in total. The van der Waals surface area contributed by atoms with Crippen molar-refractivity contribution < 1.29 is 0 Å². The average Bonchev–Trinajstić information content (AvgIpc) is 2.30. The summed E-state index contributed by atoms with van der Waals surface area (Å²) in [5.41, 5.74) is 2.62. The maximum Gasteiger partial charge on any atom is 0.0628 e. The zero-order valence-electron chi connectivity index (χ0n) is 8.98. The van der Waals surface area contributed by atoms with Crippen LogP contribution in [0.4, 0.5) is 0 Å². The van der Waals surface area contributed by atoms with Crippen LogP contribution in [0, 0.1) is 17.2 Å². The van der Waals surface area contributed by atoms with Gasteiger partial charge in [0.15, 0.2) is 0 Å². The third-order valence-electron chi connectivity index (χ3n) is 3.22. The standard InChI is InChI=1S/C14H15N/c1-2-11-7-8-12-5-3-4-6-13(12)14(11)9-10-15/h3-8,11,14H,2,9H2,1H3/t11-,14+/m1/s1. The Morgan fingerprint density at radius 1 is 1.33 bits per heavy atom. The Morgan fingerprint density at radius 3 is 2.87 bits per heavy atom. The molecule has 15 heavy (non-hydrogen) atoms. The monoisotopic (exact) mass is 197 g/mol. The minimum absolute atomic E-state index is 0.390. The lowest BCUT2D eigenvalue weighted by Crippen LogP contribution is -2.14. The normalized spacial score (nSPS) is 23.2. The second-order valence-corrected chi connectivity index (χ2v) is 4.03. The summed E-state index contributed by atoms with van der Waals surface area (Å²) in [5, 5.41) is 8.88. The summed E-state index contributed by atoms with van der Waals surface area (Å²) in [6.07, 6.45) is 6.18. The van der Waals surface area contributed by atoms with Crippen LogP contribution in [-0.2, 0) is 0 Å².